The molecule has 0 heterocycles. The Kier molecular flexibility index (Phi) is 6.41. The van der Waals surface area contributed by atoms with E-state index in [-0.39, 0.29) is 12.2 Å². The van der Waals surface area contributed by atoms with Crippen molar-refractivity contribution in [1.82, 2.24) is 5.32 Å². The minimum Gasteiger partial charge on any atom is -0.393 e. The summed E-state index contributed by atoms with van der Waals surface area (Å²) in [6.07, 6.45) is 2.23. The standard InChI is InChI=1S/C13H27NO3/c1-9(2)4-10(3)17-8-13(16)7-14-11-5-12(15)6-11/h9-16H,4-8H2,1-3H3. The second-order valence-electron chi connectivity index (χ2n) is 5.66. The van der Waals surface area contributed by atoms with Crippen molar-refractivity contribution in [3.63, 3.8) is 0 Å². The second kappa shape index (κ2) is 7.31. The van der Waals surface area contributed by atoms with Crippen LogP contribution in [0.4, 0.5) is 0 Å². The first kappa shape index (κ1) is 14.9. The third-order valence-electron chi connectivity index (χ3n) is 3.13. The fourth-order valence-electron chi connectivity index (χ4n) is 2.12. The molecule has 0 aromatic heterocycles. The van der Waals surface area contributed by atoms with Gasteiger partial charge in [-0.15, -0.1) is 0 Å². The quantitative estimate of drug-likeness (QED) is 0.595. The summed E-state index contributed by atoms with van der Waals surface area (Å²) in [6.45, 7) is 7.31. The second-order valence-corrected chi connectivity index (χ2v) is 5.66. The van der Waals surface area contributed by atoms with E-state index in [0.717, 1.165) is 19.3 Å². The zero-order valence-corrected chi connectivity index (χ0v) is 11.2. The first-order valence-corrected chi connectivity index (χ1v) is 6.68. The number of aliphatic hydroxyl groups is 2. The Hall–Kier alpha value is -0.160. The lowest BCUT2D eigenvalue weighted by molar-refractivity contribution is -0.0132. The molecule has 0 amide bonds. The van der Waals surface area contributed by atoms with Gasteiger partial charge >= 0.3 is 0 Å². The molecule has 1 fully saturated rings. The van der Waals surface area contributed by atoms with Crippen molar-refractivity contribution >= 4 is 0 Å². The zero-order chi connectivity index (χ0) is 12.8. The lowest BCUT2D eigenvalue weighted by Gasteiger charge is -2.32. The van der Waals surface area contributed by atoms with Crippen LogP contribution in [0.3, 0.4) is 0 Å². The summed E-state index contributed by atoms with van der Waals surface area (Å²) in [5.74, 6) is 0.622. The third kappa shape index (κ3) is 6.36. The number of hydrogen-bond donors (Lipinski definition) is 3. The van der Waals surface area contributed by atoms with Crippen molar-refractivity contribution in [2.75, 3.05) is 13.2 Å². The molecule has 0 aromatic rings. The molecule has 1 aliphatic rings. The molecule has 0 aliphatic heterocycles. The molecule has 0 bridgehead atoms. The van der Waals surface area contributed by atoms with Crippen LogP contribution in [-0.4, -0.2) is 47.7 Å². The lowest BCUT2D eigenvalue weighted by Crippen LogP contribution is -2.47. The van der Waals surface area contributed by atoms with E-state index in [2.05, 4.69) is 19.2 Å². The summed E-state index contributed by atoms with van der Waals surface area (Å²) in [4.78, 5) is 0. The number of rotatable bonds is 8. The maximum absolute atomic E-state index is 9.72. The molecule has 0 spiro atoms. The molecule has 1 rings (SSSR count). The van der Waals surface area contributed by atoms with Crippen molar-refractivity contribution in [2.45, 2.75) is 64.4 Å². The maximum atomic E-state index is 9.72. The molecule has 3 N–H and O–H groups in total. The zero-order valence-electron chi connectivity index (χ0n) is 11.2. The average Bonchev–Trinajstić information content (AvgIpc) is 2.19. The van der Waals surface area contributed by atoms with Gasteiger partial charge in [-0.05, 0) is 32.1 Å². The highest BCUT2D eigenvalue weighted by Gasteiger charge is 2.26. The normalized spacial score (nSPS) is 27.9. The molecular formula is C13H27NO3. The average molecular weight is 245 g/mol. The van der Waals surface area contributed by atoms with Crippen LogP contribution in [0.5, 0.6) is 0 Å². The Morgan fingerprint density at radius 2 is 1.94 bits per heavy atom. The fraction of sp³-hybridized carbons (Fsp3) is 1.00. The number of nitrogens with one attached hydrogen (secondary N) is 1. The van der Waals surface area contributed by atoms with Gasteiger partial charge in [-0.3, -0.25) is 0 Å². The predicted octanol–water partition coefficient (Wildman–Crippen LogP) is 0.911. The van der Waals surface area contributed by atoms with Crippen LogP contribution >= 0.6 is 0 Å². The summed E-state index contributed by atoms with van der Waals surface area (Å²) < 4.78 is 5.58. The molecule has 17 heavy (non-hydrogen) atoms. The Morgan fingerprint density at radius 1 is 1.29 bits per heavy atom. The maximum Gasteiger partial charge on any atom is 0.0897 e. The molecule has 4 heteroatoms. The summed E-state index contributed by atoms with van der Waals surface area (Å²) in [5.41, 5.74) is 0. The summed E-state index contributed by atoms with van der Waals surface area (Å²) >= 11 is 0. The van der Waals surface area contributed by atoms with Crippen LogP contribution in [0.1, 0.15) is 40.0 Å². The van der Waals surface area contributed by atoms with Crippen LogP contribution in [-0.2, 0) is 4.74 Å². The van der Waals surface area contributed by atoms with Gasteiger partial charge in [0.25, 0.3) is 0 Å². The first-order valence-electron chi connectivity index (χ1n) is 6.68. The largest absolute Gasteiger partial charge is 0.393 e. The molecule has 2 unspecified atom stereocenters. The van der Waals surface area contributed by atoms with Gasteiger partial charge in [-0.25, -0.2) is 0 Å². The van der Waals surface area contributed by atoms with Gasteiger partial charge in [0.15, 0.2) is 0 Å². The Balaban J connectivity index is 1.98. The monoisotopic (exact) mass is 245 g/mol. The van der Waals surface area contributed by atoms with E-state index < -0.39 is 6.10 Å². The van der Waals surface area contributed by atoms with Gasteiger partial charge in [0.05, 0.1) is 24.9 Å². The van der Waals surface area contributed by atoms with Gasteiger partial charge in [0, 0.05) is 12.6 Å². The van der Waals surface area contributed by atoms with E-state index in [1.807, 2.05) is 6.92 Å². The van der Waals surface area contributed by atoms with E-state index in [1.165, 1.54) is 0 Å². The molecule has 0 radical (unpaired) electrons. The van der Waals surface area contributed by atoms with Gasteiger partial charge in [0.1, 0.15) is 0 Å². The van der Waals surface area contributed by atoms with Crippen molar-refractivity contribution in [2.24, 2.45) is 5.92 Å². The van der Waals surface area contributed by atoms with Crippen molar-refractivity contribution < 1.29 is 14.9 Å². The predicted molar refractivity (Wildman–Crippen MR) is 67.9 cm³/mol. The van der Waals surface area contributed by atoms with E-state index in [0.29, 0.717) is 25.1 Å². The van der Waals surface area contributed by atoms with Crippen molar-refractivity contribution in [1.29, 1.82) is 0 Å². The van der Waals surface area contributed by atoms with Gasteiger partial charge in [-0.2, -0.15) is 0 Å². The molecule has 1 saturated carbocycles. The van der Waals surface area contributed by atoms with Crippen LogP contribution in [0.2, 0.25) is 0 Å². The molecule has 102 valence electrons. The minimum absolute atomic E-state index is 0.146. The smallest absolute Gasteiger partial charge is 0.0897 e. The van der Waals surface area contributed by atoms with Crippen LogP contribution in [0.25, 0.3) is 0 Å². The molecule has 1 aliphatic carbocycles. The Bertz CT molecular complexity index is 205. The lowest BCUT2D eigenvalue weighted by atomic mass is 9.89. The highest BCUT2D eigenvalue weighted by atomic mass is 16.5. The highest BCUT2D eigenvalue weighted by molar-refractivity contribution is 4.85. The first-order chi connectivity index (χ1) is 7.97. The summed E-state index contributed by atoms with van der Waals surface area (Å²) in [7, 11) is 0. The number of aliphatic hydroxyl groups excluding tert-OH is 2. The summed E-state index contributed by atoms with van der Waals surface area (Å²) in [5, 5.41) is 22.1. The topological polar surface area (TPSA) is 61.7 Å². The molecular weight excluding hydrogens is 218 g/mol. The van der Waals surface area contributed by atoms with Crippen molar-refractivity contribution in [3.05, 3.63) is 0 Å². The highest BCUT2D eigenvalue weighted by Crippen LogP contribution is 2.19. The third-order valence-corrected chi connectivity index (χ3v) is 3.13. The van der Waals surface area contributed by atoms with E-state index >= 15 is 0 Å². The van der Waals surface area contributed by atoms with Crippen LogP contribution in [0.15, 0.2) is 0 Å². The van der Waals surface area contributed by atoms with Crippen LogP contribution in [0, 0.1) is 5.92 Å². The van der Waals surface area contributed by atoms with E-state index in [9.17, 15) is 5.11 Å². The molecule has 4 nitrogen and oxygen atoms in total. The van der Waals surface area contributed by atoms with Crippen LogP contribution < -0.4 is 5.32 Å². The number of ether oxygens (including phenoxy) is 1. The van der Waals surface area contributed by atoms with Gasteiger partial charge in [0.2, 0.25) is 0 Å². The number of hydrogen-bond acceptors (Lipinski definition) is 4. The van der Waals surface area contributed by atoms with E-state index in [1.54, 1.807) is 0 Å². The SMILES string of the molecule is CC(C)CC(C)OCC(O)CNC1CC(O)C1. The summed E-state index contributed by atoms with van der Waals surface area (Å²) in [6, 6.07) is 0.368. The molecule has 2 atom stereocenters. The Morgan fingerprint density at radius 3 is 2.47 bits per heavy atom. The Labute approximate surface area is 104 Å². The van der Waals surface area contributed by atoms with Gasteiger partial charge in [-0.1, -0.05) is 13.8 Å². The minimum atomic E-state index is -0.456. The van der Waals surface area contributed by atoms with E-state index in [4.69, 9.17) is 9.84 Å². The van der Waals surface area contributed by atoms with Gasteiger partial charge < -0.3 is 20.3 Å². The molecule has 0 saturated heterocycles. The van der Waals surface area contributed by atoms with Crippen molar-refractivity contribution in [3.8, 4) is 0 Å². The molecule has 0 aromatic carbocycles. The fourth-order valence-corrected chi connectivity index (χ4v) is 2.12.